The largest absolute Gasteiger partial charge is 0.298 e. The van der Waals surface area contributed by atoms with E-state index in [9.17, 15) is 0 Å². The first-order valence-corrected chi connectivity index (χ1v) is 8.41. The van der Waals surface area contributed by atoms with Crippen LogP contribution in [0.4, 0.5) is 0 Å². The van der Waals surface area contributed by atoms with Gasteiger partial charge in [0.25, 0.3) is 0 Å². The van der Waals surface area contributed by atoms with Gasteiger partial charge in [-0.1, -0.05) is 49.6 Å². The topological polar surface area (TPSA) is 16.1 Å². The van der Waals surface area contributed by atoms with E-state index in [1.54, 1.807) is 11.3 Å². The van der Waals surface area contributed by atoms with Gasteiger partial charge in [0.1, 0.15) is 5.01 Å². The molecule has 20 heavy (non-hydrogen) atoms. The van der Waals surface area contributed by atoms with E-state index < -0.39 is 0 Å². The third kappa shape index (κ3) is 3.28. The summed E-state index contributed by atoms with van der Waals surface area (Å²) >= 11 is 1.75. The first-order valence-electron chi connectivity index (χ1n) is 7.53. The lowest BCUT2D eigenvalue weighted by atomic mass is 9.94. The standard InChI is InChI=1S/C17H22N2S/c1-19(16-10-6-3-7-11-16)12-15-13-20-17(18-15)14-8-4-2-5-9-14/h2,4-5,8-9,13,16H,3,6-7,10-12H2,1H3. The molecule has 0 aliphatic heterocycles. The summed E-state index contributed by atoms with van der Waals surface area (Å²) in [7, 11) is 2.25. The van der Waals surface area contributed by atoms with E-state index in [0.717, 1.165) is 17.6 Å². The number of rotatable bonds is 4. The molecule has 3 rings (SSSR count). The average Bonchev–Trinajstić information content (AvgIpc) is 2.97. The fourth-order valence-electron chi connectivity index (χ4n) is 3.00. The molecule has 0 N–H and O–H groups in total. The summed E-state index contributed by atoms with van der Waals surface area (Å²) in [5.41, 5.74) is 2.44. The van der Waals surface area contributed by atoms with Crippen LogP contribution in [0.1, 0.15) is 37.8 Å². The molecule has 1 fully saturated rings. The maximum Gasteiger partial charge on any atom is 0.123 e. The van der Waals surface area contributed by atoms with Crippen molar-refractivity contribution in [3.63, 3.8) is 0 Å². The Labute approximate surface area is 125 Å². The van der Waals surface area contributed by atoms with Crippen molar-refractivity contribution in [2.45, 2.75) is 44.7 Å². The number of hydrogen-bond donors (Lipinski definition) is 0. The number of hydrogen-bond acceptors (Lipinski definition) is 3. The molecular weight excluding hydrogens is 264 g/mol. The lowest BCUT2D eigenvalue weighted by Crippen LogP contribution is -2.32. The highest BCUT2D eigenvalue weighted by Crippen LogP contribution is 2.26. The van der Waals surface area contributed by atoms with Crippen LogP contribution in [0.15, 0.2) is 35.7 Å². The molecule has 106 valence electrons. The van der Waals surface area contributed by atoms with Crippen molar-refractivity contribution in [2.24, 2.45) is 0 Å². The average molecular weight is 286 g/mol. The van der Waals surface area contributed by atoms with Crippen molar-refractivity contribution < 1.29 is 0 Å². The van der Waals surface area contributed by atoms with Gasteiger partial charge in [-0.25, -0.2) is 4.98 Å². The van der Waals surface area contributed by atoms with Gasteiger partial charge in [0, 0.05) is 23.5 Å². The van der Waals surface area contributed by atoms with Crippen molar-refractivity contribution >= 4 is 11.3 Å². The Morgan fingerprint density at radius 2 is 1.90 bits per heavy atom. The number of aromatic nitrogens is 1. The number of nitrogens with zero attached hydrogens (tertiary/aromatic N) is 2. The van der Waals surface area contributed by atoms with Gasteiger partial charge < -0.3 is 0 Å². The van der Waals surface area contributed by atoms with E-state index in [0.29, 0.717) is 0 Å². The minimum atomic E-state index is 0.755. The number of benzene rings is 1. The summed E-state index contributed by atoms with van der Waals surface area (Å²) in [4.78, 5) is 7.28. The van der Waals surface area contributed by atoms with Crippen molar-refractivity contribution in [1.82, 2.24) is 9.88 Å². The van der Waals surface area contributed by atoms with Crippen LogP contribution in [0.25, 0.3) is 10.6 Å². The quantitative estimate of drug-likeness (QED) is 0.818. The van der Waals surface area contributed by atoms with Crippen molar-refractivity contribution in [3.8, 4) is 10.6 Å². The Morgan fingerprint density at radius 1 is 1.15 bits per heavy atom. The molecule has 0 radical (unpaired) electrons. The van der Waals surface area contributed by atoms with Crippen LogP contribution in [0.5, 0.6) is 0 Å². The summed E-state index contributed by atoms with van der Waals surface area (Å²) in [5.74, 6) is 0. The molecule has 0 unspecified atom stereocenters. The van der Waals surface area contributed by atoms with Gasteiger partial charge in [0.05, 0.1) is 5.69 Å². The lowest BCUT2D eigenvalue weighted by molar-refractivity contribution is 0.183. The zero-order chi connectivity index (χ0) is 13.8. The highest BCUT2D eigenvalue weighted by Gasteiger charge is 2.18. The van der Waals surface area contributed by atoms with Crippen LogP contribution in [0, 0.1) is 0 Å². The second kappa shape index (κ2) is 6.51. The summed E-state index contributed by atoms with van der Waals surface area (Å²) in [6.45, 7) is 0.980. The second-order valence-corrected chi connectivity index (χ2v) is 6.58. The van der Waals surface area contributed by atoms with E-state index >= 15 is 0 Å². The number of thiazole rings is 1. The molecule has 0 spiro atoms. The van der Waals surface area contributed by atoms with Crippen molar-refractivity contribution in [2.75, 3.05) is 7.05 Å². The molecule has 1 aliphatic carbocycles. The Balaban J connectivity index is 1.65. The minimum absolute atomic E-state index is 0.755. The SMILES string of the molecule is CN(Cc1csc(-c2ccccc2)n1)C1CCCCC1. The van der Waals surface area contributed by atoms with Crippen LogP contribution in [-0.4, -0.2) is 23.0 Å². The van der Waals surface area contributed by atoms with E-state index in [-0.39, 0.29) is 0 Å². The predicted molar refractivity (Wildman–Crippen MR) is 85.9 cm³/mol. The van der Waals surface area contributed by atoms with Crippen LogP contribution in [-0.2, 0) is 6.54 Å². The Kier molecular flexibility index (Phi) is 4.48. The van der Waals surface area contributed by atoms with Crippen LogP contribution in [0.2, 0.25) is 0 Å². The van der Waals surface area contributed by atoms with Crippen molar-refractivity contribution in [1.29, 1.82) is 0 Å². The highest BCUT2D eigenvalue weighted by molar-refractivity contribution is 7.13. The van der Waals surface area contributed by atoms with Gasteiger partial charge in [0.15, 0.2) is 0 Å². The first kappa shape index (κ1) is 13.8. The molecule has 0 bridgehead atoms. The van der Waals surface area contributed by atoms with Gasteiger partial charge in [-0.2, -0.15) is 0 Å². The normalized spacial score (nSPS) is 16.7. The van der Waals surface area contributed by atoms with Crippen molar-refractivity contribution in [3.05, 3.63) is 41.4 Å². The molecular formula is C17H22N2S. The first-order chi connectivity index (χ1) is 9.83. The summed E-state index contributed by atoms with van der Waals surface area (Å²) in [6, 6.07) is 11.2. The Bertz CT molecular complexity index is 529. The molecule has 1 saturated carbocycles. The molecule has 2 nitrogen and oxygen atoms in total. The third-order valence-corrected chi connectivity index (χ3v) is 5.12. The van der Waals surface area contributed by atoms with Gasteiger partial charge in [0.2, 0.25) is 0 Å². The van der Waals surface area contributed by atoms with E-state index in [4.69, 9.17) is 4.98 Å². The molecule has 1 heterocycles. The maximum atomic E-state index is 4.79. The second-order valence-electron chi connectivity index (χ2n) is 5.72. The van der Waals surface area contributed by atoms with Crippen LogP contribution in [0.3, 0.4) is 0 Å². The van der Waals surface area contributed by atoms with Gasteiger partial charge in [-0.15, -0.1) is 11.3 Å². The summed E-state index contributed by atoms with van der Waals surface area (Å²) in [6.07, 6.45) is 6.90. The molecule has 1 aromatic carbocycles. The molecule has 0 atom stereocenters. The van der Waals surface area contributed by atoms with Crippen LogP contribution < -0.4 is 0 Å². The zero-order valence-electron chi connectivity index (χ0n) is 12.1. The van der Waals surface area contributed by atoms with E-state index in [1.807, 2.05) is 0 Å². The minimum Gasteiger partial charge on any atom is -0.298 e. The fraction of sp³-hybridized carbons (Fsp3) is 0.471. The van der Waals surface area contributed by atoms with Gasteiger partial charge in [-0.05, 0) is 19.9 Å². The third-order valence-electron chi connectivity index (χ3n) is 4.18. The molecule has 1 aromatic heterocycles. The monoisotopic (exact) mass is 286 g/mol. The Morgan fingerprint density at radius 3 is 2.65 bits per heavy atom. The van der Waals surface area contributed by atoms with Gasteiger partial charge >= 0.3 is 0 Å². The molecule has 0 amide bonds. The predicted octanol–water partition coefficient (Wildman–Crippen LogP) is 4.57. The molecule has 2 aromatic rings. The highest BCUT2D eigenvalue weighted by atomic mass is 32.1. The molecule has 0 saturated heterocycles. The maximum absolute atomic E-state index is 4.79. The molecule has 3 heteroatoms. The summed E-state index contributed by atoms with van der Waals surface area (Å²) in [5, 5.41) is 3.35. The lowest BCUT2D eigenvalue weighted by Gasteiger charge is -2.30. The summed E-state index contributed by atoms with van der Waals surface area (Å²) < 4.78 is 0. The van der Waals surface area contributed by atoms with E-state index in [1.165, 1.54) is 43.4 Å². The zero-order valence-corrected chi connectivity index (χ0v) is 12.9. The smallest absolute Gasteiger partial charge is 0.123 e. The fourth-order valence-corrected chi connectivity index (χ4v) is 3.82. The Hall–Kier alpha value is -1.19. The molecule has 1 aliphatic rings. The van der Waals surface area contributed by atoms with Crippen LogP contribution >= 0.6 is 11.3 Å². The van der Waals surface area contributed by atoms with E-state index in [2.05, 4.69) is 47.7 Å². The van der Waals surface area contributed by atoms with Gasteiger partial charge in [-0.3, -0.25) is 4.90 Å².